The average Bonchev–Trinajstić information content (AvgIpc) is 3.84. The molecule has 1 saturated heterocycles. The van der Waals surface area contributed by atoms with Crippen LogP contribution in [0.15, 0.2) is 47.3 Å². The van der Waals surface area contributed by atoms with Crippen molar-refractivity contribution in [1.82, 2.24) is 10.3 Å². The molecule has 3 amide bonds. The molecule has 3 N–H and O–H groups in total. The Hall–Kier alpha value is -4.24. The van der Waals surface area contributed by atoms with Crippen molar-refractivity contribution in [3.63, 3.8) is 0 Å². The number of hydrogen-bond acceptors (Lipinski definition) is 5. The molecule has 9 nitrogen and oxygen atoms in total. The number of rotatable bonds is 9. The highest BCUT2D eigenvalue weighted by Gasteiger charge is 2.34. The van der Waals surface area contributed by atoms with E-state index in [-0.39, 0.29) is 41.7 Å². The Morgan fingerprint density at radius 3 is 2.26 bits per heavy atom. The van der Waals surface area contributed by atoms with Crippen molar-refractivity contribution < 1.29 is 19.1 Å². The summed E-state index contributed by atoms with van der Waals surface area (Å²) in [5.41, 5.74) is 6.01. The minimum atomic E-state index is -0.324. The van der Waals surface area contributed by atoms with Crippen LogP contribution in [-0.4, -0.2) is 42.5 Å². The van der Waals surface area contributed by atoms with E-state index in [2.05, 4.69) is 15.6 Å². The highest BCUT2D eigenvalue weighted by atomic mass is 16.5. The summed E-state index contributed by atoms with van der Waals surface area (Å²) >= 11 is 0. The molecule has 1 saturated carbocycles. The summed E-state index contributed by atoms with van der Waals surface area (Å²) in [5.74, 6) is -0.294. The second-order valence-corrected chi connectivity index (χ2v) is 11.6. The number of aryl methyl sites for hydroxylation is 2. The van der Waals surface area contributed by atoms with Gasteiger partial charge in [0.15, 0.2) is 0 Å². The number of ether oxygens (including phenoxy) is 1. The predicted octanol–water partition coefficient (Wildman–Crippen LogP) is 5.03. The van der Waals surface area contributed by atoms with Gasteiger partial charge in [-0.3, -0.25) is 19.2 Å². The van der Waals surface area contributed by atoms with Gasteiger partial charge in [0.05, 0.1) is 0 Å². The molecule has 0 radical (unpaired) electrons. The van der Waals surface area contributed by atoms with E-state index in [1.54, 1.807) is 4.90 Å². The number of nitrogens with one attached hydrogen (secondary N) is 3. The summed E-state index contributed by atoms with van der Waals surface area (Å²) < 4.78 is 5.37. The van der Waals surface area contributed by atoms with Gasteiger partial charge in [0.2, 0.25) is 11.8 Å². The molecular weight excluding hydrogens is 544 g/mol. The molecule has 2 fully saturated rings. The molecule has 3 aromatic rings. The summed E-state index contributed by atoms with van der Waals surface area (Å²) in [4.78, 5) is 56.7. The fraction of sp³-hybridized carbons (Fsp3) is 0.412. The molecule has 2 aromatic carbocycles. The van der Waals surface area contributed by atoms with Gasteiger partial charge in [-0.2, -0.15) is 0 Å². The van der Waals surface area contributed by atoms with Crippen LogP contribution in [0.2, 0.25) is 0 Å². The fourth-order valence-corrected chi connectivity index (χ4v) is 5.69. The molecule has 0 atom stereocenters. The van der Waals surface area contributed by atoms with Crippen LogP contribution in [0.25, 0.3) is 11.1 Å². The standard InChI is InChI=1S/C34H40N4O5/c1-5-38(34(42)25-6-7-25)30-18-26(23-8-10-27(11-9-23)37-31(39)24-12-14-43-15-13-24)17-28(22(30)4)32(40)35-19-29-20(2)16-21(3)36-33(29)41/h8-11,16-18,24-25H,5-7,12-15,19H2,1-4H3,(H,35,40)(H,36,41)(H,37,39). The third-order valence-electron chi connectivity index (χ3n) is 8.42. The Kier molecular flexibility index (Phi) is 9.11. The number of carbonyl (C=O) groups excluding carboxylic acids is 3. The number of aromatic nitrogens is 1. The number of hydrogen-bond donors (Lipinski definition) is 3. The number of H-pyrrole nitrogens is 1. The highest BCUT2D eigenvalue weighted by molar-refractivity contribution is 6.03. The number of aromatic amines is 1. The highest BCUT2D eigenvalue weighted by Crippen LogP contribution is 2.37. The summed E-state index contributed by atoms with van der Waals surface area (Å²) in [6.45, 7) is 9.23. The van der Waals surface area contributed by atoms with E-state index in [1.165, 1.54) is 0 Å². The first-order chi connectivity index (χ1) is 20.7. The Bertz CT molecular complexity index is 1580. The Labute approximate surface area is 252 Å². The topological polar surface area (TPSA) is 121 Å². The van der Waals surface area contributed by atoms with Gasteiger partial charge in [-0.15, -0.1) is 0 Å². The van der Waals surface area contributed by atoms with E-state index < -0.39 is 0 Å². The molecule has 2 heterocycles. The number of carbonyl (C=O) groups is 3. The van der Waals surface area contributed by atoms with Gasteiger partial charge in [-0.05, 0) is 106 Å². The van der Waals surface area contributed by atoms with Crippen LogP contribution in [0.3, 0.4) is 0 Å². The zero-order valence-corrected chi connectivity index (χ0v) is 25.3. The molecule has 43 heavy (non-hydrogen) atoms. The summed E-state index contributed by atoms with van der Waals surface area (Å²) in [7, 11) is 0. The lowest BCUT2D eigenvalue weighted by molar-refractivity contribution is -0.122. The molecule has 1 aliphatic heterocycles. The van der Waals surface area contributed by atoms with Crippen molar-refractivity contribution in [2.75, 3.05) is 30.0 Å². The molecule has 226 valence electrons. The van der Waals surface area contributed by atoms with Crippen LogP contribution in [0.5, 0.6) is 0 Å². The van der Waals surface area contributed by atoms with Crippen molar-refractivity contribution in [2.24, 2.45) is 11.8 Å². The third-order valence-corrected chi connectivity index (χ3v) is 8.42. The third kappa shape index (κ3) is 6.88. The number of pyridine rings is 1. The second-order valence-electron chi connectivity index (χ2n) is 11.6. The Balaban J connectivity index is 1.44. The smallest absolute Gasteiger partial charge is 0.253 e. The zero-order valence-electron chi connectivity index (χ0n) is 25.3. The average molecular weight is 585 g/mol. The summed E-state index contributed by atoms with van der Waals surface area (Å²) in [5, 5.41) is 5.93. The number of nitrogens with zero attached hydrogens (tertiary/aromatic N) is 1. The van der Waals surface area contributed by atoms with Gasteiger partial charge < -0.3 is 25.3 Å². The van der Waals surface area contributed by atoms with Crippen LogP contribution in [0, 0.1) is 32.6 Å². The lowest BCUT2D eigenvalue weighted by Gasteiger charge is -2.25. The van der Waals surface area contributed by atoms with E-state index in [0.717, 1.165) is 35.2 Å². The van der Waals surface area contributed by atoms with E-state index in [1.807, 2.05) is 70.2 Å². The first kappa shape index (κ1) is 30.2. The van der Waals surface area contributed by atoms with Crippen LogP contribution in [-0.2, 0) is 20.9 Å². The fourth-order valence-electron chi connectivity index (χ4n) is 5.69. The molecule has 9 heteroatoms. The van der Waals surface area contributed by atoms with Crippen LogP contribution in [0.1, 0.15) is 65.3 Å². The molecule has 0 unspecified atom stereocenters. The lowest BCUT2D eigenvalue weighted by Crippen LogP contribution is -2.33. The van der Waals surface area contributed by atoms with Crippen molar-refractivity contribution in [2.45, 2.75) is 59.9 Å². The number of benzene rings is 2. The van der Waals surface area contributed by atoms with E-state index in [9.17, 15) is 19.2 Å². The van der Waals surface area contributed by atoms with E-state index >= 15 is 0 Å². The van der Waals surface area contributed by atoms with E-state index in [0.29, 0.717) is 60.7 Å². The monoisotopic (exact) mass is 584 g/mol. The first-order valence-corrected chi connectivity index (χ1v) is 15.1. The zero-order chi connectivity index (χ0) is 30.7. The van der Waals surface area contributed by atoms with Crippen molar-refractivity contribution in [3.05, 3.63) is 80.8 Å². The molecule has 5 rings (SSSR count). The Morgan fingerprint density at radius 2 is 1.63 bits per heavy atom. The van der Waals surface area contributed by atoms with Gasteiger partial charge in [0.25, 0.3) is 11.5 Å². The maximum atomic E-state index is 13.6. The molecule has 0 spiro atoms. The second kappa shape index (κ2) is 13.0. The largest absolute Gasteiger partial charge is 0.381 e. The van der Waals surface area contributed by atoms with Crippen LogP contribution in [0.4, 0.5) is 11.4 Å². The van der Waals surface area contributed by atoms with Gasteiger partial charge >= 0.3 is 0 Å². The molecule has 1 aliphatic carbocycles. The lowest BCUT2D eigenvalue weighted by atomic mass is 9.96. The van der Waals surface area contributed by atoms with Crippen molar-refractivity contribution in [3.8, 4) is 11.1 Å². The predicted molar refractivity (Wildman–Crippen MR) is 167 cm³/mol. The van der Waals surface area contributed by atoms with Gasteiger partial charge in [-0.1, -0.05) is 12.1 Å². The number of anilines is 2. The Morgan fingerprint density at radius 1 is 0.930 bits per heavy atom. The van der Waals surface area contributed by atoms with Gasteiger partial charge in [0, 0.05) is 66.3 Å². The van der Waals surface area contributed by atoms with Crippen molar-refractivity contribution in [1.29, 1.82) is 0 Å². The molecule has 2 aliphatic rings. The minimum absolute atomic E-state index is 0.00699. The quantitative estimate of drug-likeness (QED) is 0.326. The summed E-state index contributed by atoms with van der Waals surface area (Å²) in [6, 6.07) is 13.2. The summed E-state index contributed by atoms with van der Waals surface area (Å²) in [6.07, 6.45) is 3.19. The maximum absolute atomic E-state index is 13.6. The normalized spacial score (nSPS) is 15.2. The minimum Gasteiger partial charge on any atom is -0.381 e. The number of amides is 3. The van der Waals surface area contributed by atoms with Crippen LogP contribution < -0.4 is 21.1 Å². The maximum Gasteiger partial charge on any atom is 0.253 e. The van der Waals surface area contributed by atoms with Crippen molar-refractivity contribution >= 4 is 29.1 Å². The molecule has 0 bridgehead atoms. The van der Waals surface area contributed by atoms with Crippen LogP contribution >= 0.6 is 0 Å². The van der Waals surface area contributed by atoms with Gasteiger partial charge in [-0.25, -0.2) is 0 Å². The van der Waals surface area contributed by atoms with E-state index in [4.69, 9.17) is 4.74 Å². The first-order valence-electron chi connectivity index (χ1n) is 15.1. The molecule has 1 aromatic heterocycles. The molecular formula is C34H40N4O5. The SMILES string of the molecule is CCN(C(=O)C1CC1)c1cc(-c2ccc(NC(=O)C3CCOCC3)cc2)cc(C(=O)NCc2c(C)cc(C)[nH]c2=O)c1C. The van der Waals surface area contributed by atoms with Gasteiger partial charge in [0.1, 0.15) is 0 Å².